The Labute approximate surface area is 109 Å². The first-order valence-electron chi connectivity index (χ1n) is 5.62. The van der Waals surface area contributed by atoms with Gasteiger partial charge in [-0.3, -0.25) is 14.4 Å². The Morgan fingerprint density at radius 1 is 0.947 bits per heavy atom. The summed E-state index contributed by atoms with van der Waals surface area (Å²) in [6.45, 7) is 3.29. The highest BCUT2D eigenvalue weighted by atomic mass is 16.7. The smallest absolute Gasteiger partial charge is 0.303 e. The van der Waals surface area contributed by atoms with E-state index in [0.29, 0.717) is 0 Å². The van der Waals surface area contributed by atoms with E-state index in [-0.39, 0.29) is 6.61 Å². The molecule has 0 amide bonds. The van der Waals surface area contributed by atoms with E-state index in [9.17, 15) is 19.5 Å². The van der Waals surface area contributed by atoms with Gasteiger partial charge in [0.1, 0.15) is 0 Å². The molecule has 1 aliphatic heterocycles. The lowest BCUT2D eigenvalue weighted by Gasteiger charge is -2.38. The molecule has 0 aliphatic carbocycles. The van der Waals surface area contributed by atoms with E-state index in [1.807, 2.05) is 0 Å². The molecule has 0 aromatic heterocycles. The zero-order chi connectivity index (χ0) is 14.6. The number of esters is 3. The van der Waals surface area contributed by atoms with Gasteiger partial charge < -0.3 is 24.1 Å². The highest BCUT2D eigenvalue weighted by Crippen LogP contribution is 2.23. The summed E-state index contributed by atoms with van der Waals surface area (Å²) in [5.41, 5.74) is 0. The monoisotopic (exact) mass is 276 g/mol. The van der Waals surface area contributed by atoms with Crippen molar-refractivity contribution in [1.82, 2.24) is 0 Å². The van der Waals surface area contributed by atoms with Crippen molar-refractivity contribution >= 4 is 17.9 Å². The van der Waals surface area contributed by atoms with Crippen LogP contribution in [0.2, 0.25) is 0 Å². The number of aliphatic hydroxyl groups is 1. The lowest BCUT2D eigenvalue weighted by Crippen LogP contribution is -2.57. The van der Waals surface area contributed by atoms with Crippen LogP contribution in [0, 0.1) is 0 Å². The van der Waals surface area contributed by atoms with Gasteiger partial charge in [-0.2, -0.15) is 0 Å². The van der Waals surface area contributed by atoms with Gasteiger partial charge in [-0.25, -0.2) is 0 Å². The van der Waals surface area contributed by atoms with Crippen LogP contribution in [0.1, 0.15) is 20.8 Å². The third kappa shape index (κ3) is 4.49. The summed E-state index contributed by atoms with van der Waals surface area (Å²) in [5.74, 6) is -1.95. The van der Waals surface area contributed by atoms with Crippen molar-refractivity contribution in [3.8, 4) is 0 Å². The number of carbonyl (C=O) groups excluding carboxylic acids is 3. The maximum Gasteiger partial charge on any atom is 0.303 e. The van der Waals surface area contributed by atoms with E-state index >= 15 is 0 Å². The summed E-state index contributed by atoms with van der Waals surface area (Å²) >= 11 is 0. The molecule has 1 heterocycles. The zero-order valence-corrected chi connectivity index (χ0v) is 10.8. The molecule has 0 bridgehead atoms. The largest absolute Gasteiger partial charge is 0.456 e. The molecule has 1 unspecified atom stereocenters. The number of hydrogen-bond acceptors (Lipinski definition) is 8. The molecule has 0 spiro atoms. The molecule has 8 heteroatoms. The molecule has 1 rings (SSSR count). The van der Waals surface area contributed by atoms with E-state index in [1.165, 1.54) is 6.92 Å². The average Bonchev–Trinajstić information content (AvgIpc) is 2.25. The lowest BCUT2D eigenvalue weighted by molar-refractivity contribution is -0.267. The first-order chi connectivity index (χ1) is 8.81. The van der Waals surface area contributed by atoms with Crippen LogP contribution in [0.15, 0.2) is 0 Å². The molecule has 4 atom stereocenters. The molecule has 0 saturated carbocycles. The number of ether oxygens (including phenoxy) is 4. The van der Waals surface area contributed by atoms with Crippen LogP contribution in [-0.2, 0) is 33.3 Å². The van der Waals surface area contributed by atoms with E-state index in [4.69, 9.17) is 18.9 Å². The second-order valence-corrected chi connectivity index (χ2v) is 4.02. The van der Waals surface area contributed by atoms with Crippen LogP contribution in [0.4, 0.5) is 0 Å². The molecule has 108 valence electrons. The van der Waals surface area contributed by atoms with E-state index < -0.39 is 42.5 Å². The van der Waals surface area contributed by atoms with Crippen molar-refractivity contribution in [3.63, 3.8) is 0 Å². The summed E-state index contributed by atoms with van der Waals surface area (Å²) in [6.07, 6.45) is -4.78. The molecular weight excluding hydrogens is 260 g/mol. The molecule has 8 nitrogen and oxygen atoms in total. The van der Waals surface area contributed by atoms with Gasteiger partial charge in [-0.15, -0.1) is 0 Å². The fourth-order valence-corrected chi connectivity index (χ4v) is 1.72. The van der Waals surface area contributed by atoms with Crippen molar-refractivity contribution < 1.29 is 38.4 Å². The van der Waals surface area contributed by atoms with Gasteiger partial charge in [-0.05, 0) is 0 Å². The minimum atomic E-state index is -1.46. The topological polar surface area (TPSA) is 108 Å². The van der Waals surface area contributed by atoms with Crippen LogP contribution in [0.25, 0.3) is 0 Å². The quantitative estimate of drug-likeness (QED) is 0.523. The van der Waals surface area contributed by atoms with Crippen LogP contribution in [-0.4, -0.2) is 54.2 Å². The maximum atomic E-state index is 11.1. The third-order valence-electron chi connectivity index (χ3n) is 2.32. The van der Waals surface area contributed by atoms with Gasteiger partial charge in [0.15, 0.2) is 24.6 Å². The molecule has 19 heavy (non-hydrogen) atoms. The van der Waals surface area contributed by atoms with E-state index in [1.54, 1.807) is 0 Å². The molecule has 1 N–H and O–H groups in total. The molecule has 1 fully saturated rings. The Morgan fingerprint density at radius 2 is 1.42 bits per heavy atom. The van der Waals surface area contributed by atoms with Crippen molar-refractivity contribution in [3.05, 3.63) is 0 Å². The Hall–Kier alpha value is -1.67. The molecule has 1 aliphatic rings. The van der Waals surface area contributed by atoms with Crippen LogP contribution in [0.3, 0.4) is 0 Å². The molecule has 1 saturated heterocycles. The Morgan fingerprint density at radius 3 is 1.89 bits per heavy atom. The fourth-order valence-electron chi connectivity index (χ4n) is 1.72. The summed E-state index contributed by atoms with van der Waals surface area (Å²) in [5, 5.41) is 9.62. The van der Waals surface area contributed by atoms with Crippen molar-refractivity contribution in [2.45, 2.75) is 45.4 Å². The second kappa shape index (κ2) is 6.48. The predicted octanol–water partition coefficient (Wildman–Crippen LogP) is -0.870. The lowest BCUT2D eigenvalue weighted by atomic mass is 10.0. The first kappa shape index (κ1) is 15.4. The van der Waals surface area contributed by atoms with Crippen LogP contribution in [0.5, 0.6) is 0 Å². The average molecular weight is 276 g/mol. The standard InChI is InChI=1S/C11H16O8/c1-5(12)17-8-4-16-11(15)10(19-7(3)14)9(8)18-6(2)13/h8-11,15H,4H2,1-3H3/t8-,9+,10?,11+/m1/s1. The summed E-state index contributed by atoms with van der Waals surface area (Å²) in [7, 11) is 0. The Bertz CT molecular complexity index is 366. The number of hydrogen-bond donors (Lipinski definition) is 1. The van der Waals surface area contributed by atoms with Gasteiger partial charge in [0.2, 0.25) is 0 Å². The van der Waals surface area contributed by atoms with Gasteiger partial charge in [0.25, 0.3) is 0 Å². The molecular formula is C11H16O8. The van der Waals surface area contributed by atoms with E-state index in [0.717, 1.165) is 13.8 Å². The number of rotatable bonds is 3. The second-order valence-electron chi connectivity index (χ2n) is 4.02. The van der Waals surface area contributed by atoms with Gasteiger partial charge in [-0.1, -0.05) is 0 Å². The summed E-state index contributed by atoms with van der Waals surface area (Å²) in [4.78, 5) is 33.0. The Balaban J connectivity index is 2.89. The van der Waals surface area contributed by atoms with Gasteiger partial charge >= 0.3 is 17.9 Å². The maximum absolute atomic E-state index is 11.1. The fraction of sp³-hybridized carbons (Fsp3) is 0.727. The molecule has 0 aromatic rings. The van der Waals surface area contributed by atoms with Crippen LogP contribution < -0.4 is 0 Å². The number of carbonyl (C=O) groups is 3. The van der Waals surface area contributed by atoms with Crippen molar-refractivity contribution in [2.24, 2.45) is 0 Å². The van der Waals surface area contributed by atoms with Gasteiger partial charge in [0, 0.05) is 20.8 Å². The number of aliphatic hydroxyl groups excluding tert-OH is 1. The third-order valence-corrected chi connectivity index (χ3v) is 2.32. The normalized spacial score (nSPS) is 30.3. The molecule has 0 aromatic carbocycles. The minimum absolute atomic E-state index is 0.170. The summed E-state index contributed by atoms with van der Waals surface area (Å²) in [6, 6.07) is 0. The minimum Gasteiger partial charge on any atom is -0.456 e. The predicted molar refractivity (Wildman–Crippen MR) is 58.6 cm³/mol. The highest BCUT2D eigenvalue weighted by molar-refractivity contribution is 5.68. The summed E-state index contributed by atoms with van der Waals surface area (Å²) < 4.78 is 19.6. The first-order valence-corrected chi connectivity index (χ1v) is 5.62. The van der Waals surface area contributed by atoms with E-state index in [2.05, 4.69) is 0 Å². The SMILES string of the molecule is CC(=O)OC1[C@@H](OC(C)=O)[C@H](OC(C)=O)CO[C@@H]1O. The van der Waals surface area contributed by atoms with Crippen molar-refractivity contribution in [1.29, 1.82) is 0 Å². The zero-order valence-electron chi connectivity index (χ0n) is 10.8. The molecule has 0 radical (unpaired) electrons. The highest BCUT2D eigenvalue weighted by Gasteiger charge is 2.46. The van der Waals surface area contributed by atoms with Crippen LogP contribution >= 0.6 is 0 Å². The Kier molecular flexibility index (Phi) is 5.25. The van der Waals surface area contributed by atoms with Crippen molar-refractivity contribution in [2.75, 3.05) is 6.61 Å². The van der Waals surface area contributed by atoms with Gasteiger partial charge in [0.05, 0.1) is 6.61 Å².